The van der Waals surface area contributed by atoms with Crippen molar-refractivity contribution in [1.82, 2.24) is 4.98 Å². The molecule has 4 heteroatoms. The Labute approximate surface area is 80.9 Å². The third-order valence-electron chi connectivity index (χ3n) is 1.28. The van der Waals surface area contributed by atoms with Gasteiger partial charge < -0.3 is 5.73 Å². The van der Waals surface area contributed by atoms with E-state index in [2.05, 4.69) is 16.8 Å². The van der Waals surface area contributed by atoms with Gasteiger partial charge in [0, 0.05) is 19.2 Å². The van der Waals surface area contributed by atoms with Crippen LogP contribution in [0.2, 0.25) is 5.02 Å². The lowest BCUT2D eigenvalue weighted by atomic mass is 10.3. The number of hydrogen-bond acceptors (Lipinski definition) is 2. The summed E-state index contributed by atoms with van der Waals surface area (Å²) in [6.07, 6.45) is 1.89. The molecule has 0 radical (unpaired) electrons. The molecule has 2 nitrogen and oxygen atoms in total. The molecule has 0 aromatic carbocycles. The average Bonchev–Trinajstić information content (AvgIpc) is 2.09. The second-order valence-corrected chi connectivity index (χ2v) is 2.76. The number of hydrogen-bond donors (Lipinski definition) is 1. The molecular formula is C9H8ClFN2. The molecule has 0 amide bonds. The standard InChI is InChI=1S/C9H8ClFN2/c10-7-5-8(11)9(13-6-7)3-1-2-4-12/h5-6H,2,4,12H2. The van der Waals surface area contributed by atoms with Crippen molar-refractivity contribution in [2.24, 2.45) is 5.73 Å². The largest absolute Gasteiger partial charge is 0.330 e. The molecule has 2 N–H and O–H groups in total. The molecule has 0 aliphatic rings. The van der Waals surface area contributed by atoms with Crippen LogP contribution in [0.25, 0.3) is 0 Å². The number of aromatic nitrogens is 1. The molecule has 0 unspecified atom stereocenters. The van der Waals surface area contributed by atoms with Gasteiger partial charge in [0.2, 0.25) is 0 Å². The van der Waals surface area contributed by atoms with Crippen LogP contribution in [-0.4, -0.2) is 11.5 Å². The quantitative estimate of drug-likeness (QED) is 0.696. The van der Waals surface area contributed by atoms with Crippen LogP contribution < -0.4 is 5.73 Å². The van der Waals surface area contributed by atoms with Gasteiger partial charge in [-0.15, -0.1) is 0 Å². The lowest BCUT2D eigenvalue weighted by Crippen LogP contribution is -1.96. The highest BCUT2D eigenvalue weighted by Crippen LogP contribution is 2.10. The van der Waals surface area contributed by atoms with Gasteiger partial charge in [0.25, 0.3) is 0 Å². The van der Waals surface area contributed by atoms with E-state index in [-0.39, 0.29) is 10.7 Å². The zero-order valence-corrected chi connectivity index (χ0v) is 7.61. The smallest absolute Gasteiger partial charge is 0.158 e. The fraction of sp³-hybridized carbons (Fsp3) is 0.222. The normalized spacial score (nSPS) is 9.15. The van der Waals surface area contributed by atoms with E-state index in [0.717, 1.165) is 0 Å². The molecule has 13 heavy (non-hydrogen) atoms. The topological polar surface area (TPSA) is 38.9 Å². The Kier molecular flexibility index (Phi) is 3.69. The molecule has 1 aromatic heterocycles. The number of halogens is 2. The van der Waals surface area contributed by atoms with E-state index in [1.807, 2.05) is 0 Å². The van der Waals surface area contributed by atoms with Crippen LogP contribution in [0.4, 0.5) is 4.39 Å². The second kappa shape index (κ2) is 4.80. The Morgan fingerprint density at radius 3 is 3.00 bits per heavy atom. The minimum atomic E-state index is -0.503. The molecule has 0 fully saturated rings. The first-order chi connectivity index (χ1) is 6.24. The lowest BCUT2D eigenvalue weighted by molar-refractivity contribution is 0.617. The van der Waals surface area contributed by atoms with E-state index >= 15 is 0 Å². The maximum atomic E-state index is 13.0. The Morgan fingerprint density at radius 1 is 1.62 bits per heavy atom. The van der Waals surface area contributed by atoms with E-state index in [0.29, 0.717) is 13.0 Å². The predicted molar refractivity (Wildman–Crippen MR) is 49.8 cm³/mol. The van der Waals surface area contributed by atoms with Crippen LogP contribution in [0, 0.1) is 17.7 Å². The first kappa shape index (κ1) is 9.97. The van der Waals surface area contributed by atoms with Crippen molar-refractivity contribution in [2.75, 3.05) is 6.54 Å². The summed E-state index contributed by atoms with van der Waals surface area (Å²) in [4.78, 5) is 3.73. The first-order valence-corrected chi connectivity index (χ1v) is 4.12. The minimum absolute atomic E-state index is 0.109. The van der Waals surface area contributed by atoms with E-state index in [1.165, 1.54) is 12.3 Å². The van der Waals surface area contributed by atoms with Crippen molar-refractivity contribution in [3.63, 3.8) is 0 Å². The minimum Gasteiger partial charge on any atom is -0.330 e. The highest BCUT2D eigenvalue weighted by Gasteiger charge is 1.99. The van der Waals surface area contributed by atoms with Crippen molar-refractivity contribution < 1.29 is 4.39 Å². The average molecular weight is 199 g/mol. The van der Waals surface area contributed by atoms with Gasteiger partial charge in [0.15, 0.2) is 5.82 Å². The molecule has 68 valence electrons. The van der Waals surface area contributed by atoms with Crippen LogP contribution >= 0.6 is 11.6 Å². The van der Waals surface area contributed by atoms with Gasteiger partial charge in [-0.05, 0) is 12.0 Å². The van der Waals surface area contributed by atoms with Gasteiger partial charge >= 0.3 is 0 Å². The fourth-order valence-electron chi connectivity index (χ4n) is 0.725. The highest BCUT2D eigenvalue weighted by atomic mass is 35.5. The van der Waals surface area contributed by atoms with E-state index < -0.39 is 5.82 Å². The number of rotatable bonds is 1. The Balaban J connectivity index is 2.85. The van der Waals surface area contributed by atoms with E-state index in [9.17, 15) is 4.39 Å². The molecule has 0 spiro atoms. The summed E-state index contributed by atoms with van der Waals surface area (Å²) in [6.45, 7) is 0.461. The molecule has 1 rings (SSSR count). The maximum Gasteiger partial charge on any atom is 0.158 e. The fourth-order valence-corrected chi connectivity index (χ4v) is 0.870. The molecule has 0 aliphatic carbocycles. The van der Waals surface area contributed by atoms with Crippen LogP contribution in [0.15, 0.2) is 12.3 Å². The number of nitrogens with two attached hydrogens (primary N) is 1. The molecule has 1 heterocycles. The van der Waals surface area contributed by atoms with Gasteiger partial charge in [0.1, 0.15) is 5.69 Å². The maximum absolute atomic E-state index is 13.0. The monoisotopic (exact) mass is 198 g/mol. The van der Waals surface area contributed by atoms with Gasteiger partial charge in [-0.1, -0.05) is 17.5 Å². The highest BCUT2D eigenvalue weighted by molar-refractivity contribution is 6.30. The summed E-state index contributed by atoms with van der Waals surface area (Å²) in [6, 6.07) is 1.18. The van der Waals surface area contributed by atoms with Gasteiger partial charge in [-0.2, -0.15) is 0 Å². The zero-order chi connectivity index (χ0) is 9.68. The van der Waals surface area contributed by atoms with Crippen molar-refractivity contribution in [2.45, 2.75) is 6.42 Å². The summed E-state index contributed by atoms with van der Waals surface area (Å²) in [7, 11) is 0. The number of nitrogens with zero attached hydrogens (tertiary/aromatic N) is 1. The third kappa shape index (κ3) is 3.02. The lowest BCUT2D eigenvalue weighted by Gasteiger charge is -1.92. The molecule has 0 atom stereocenters. The predicted octanol–water partition coefficient (Wildman–Crippen LogP) is 1.57. The van der Waals surface area contributed by atoms with Crippen molar-refractivity contribution >= 4 is 11.6 Å². The molecule has 0 bridgehead atoms. The zero-order valence-electron chi connectivity index (χ0n) is 6.85. The van der Waals surface area contributed by atoms with Crippen LogP contribution in [-0.2, 0) is 0 Å². The molecule has 0 saturated heterocycles. The van der Waals surface area contributed by atoms with E-state index in [1.54, 1.807) is 0 Å². The van der Waals surface area contributed by atoms with Crippen molar-refractivity contribution in [3.8, 4) is 11.8 Å². The summed E-state index contributed by atoms with van der Waals surface area (Å²) < 4.78 is 13.0. The second-order valence-electron chi connectivity index (χ2n) is 2.32. The molecular weight excluding hydrogens is 191 g/mol. The van der Waals surface area contributed by atoms with Crippen molar-refractivity contribution in [3.05, 3.63) is 28.8 Å². The van der Waals surface area contributed by atoms with Crippen LogP contribution in [0.5, 0.6) is 0 Å². The Bertz CT molecular complexity index is 354. The molecule has 0 saturated carbocycles. The van der Waals surface area contributed by atoms with Gasteiger partial charge in [-0.3, -0.25) is 0 Å². The van der Waals surface area contributed by atoms with E-state index in [4.69, 9.17) is 17.3 Å². The number of pyridine rings is 1. The van der Waals surface area contributed by atoms with Gasteiger partial charge in [0.05, 0.1) is 5.02 Å². The third-order valence-corrected chi connectivity index (χ3v) is 1.49. The Hall–Kier alpha value is -1.11. The SMILES string of the molecule is NCCC#Cc1ncc(Cl)cc1F. The summed E-state index contributed by atoms with van der Waals surface area (Å²) >= 11 is 5.51. The summed E-state index contributed by atoms with van der Waals surface area (Å²) in [5.41, 5.74) is 5.33. The first-order valence-electron chi connectivity index (χ1n) is 3.74. The van der Waals surface area contributed by atoms with Crippen LogP contribution in [0.1, 0.15) is 12.1 Å². The van der Waals surface area contributed by atoms with Crippen molar-refractivity contribution in [1.29, 1.82) is 0 Å². The summed E-state index contributed by atoms with van der Waals surface area (Å²) in [5.74, 6) is 4.75. The van der Waals surface area contributed by atoms with Crippen LogP contribution in [0.3, 0.4) is 0 Å². The molecule has 0 aliphatic heterocycles. The Morgan fingerprint density at radius 2 is 2.38 bits per heavy atom. The van der Waals surface area contributed by atoms with Gasteiger partial charge in [-0.25, -0.2) is 9.37 Å². The molecule has 1 aromatic rings. The summed E-state index contributed by atoms with van der Waals surface area (Å²) in [5, 5.41) is 0.266.